The van der Waals surface area contributed by atoms with Crippen molar-refractivity contribution in [1.29, 1.82) is 0 Å². The first-order chi connectivity index (χ1) is 19.9. The van der Waals surface area contributed by atoms with Crippen molar-refractivity contribution in [3.8, 4) is 0 Å². The molecule has 0 unspecified atom stereocenters. The SMILES string of the molecule is O=C(Nc1ccc(Cl)cc1C(=O)NN=Cc1ccc(F)cc1)c1cccc(CN2CCC(N3CCCCC3)CC2)c1. The van der Waals surface area contributed by atoms with Crippen molar-refractivity contribution in [1.82, 2.24) is 15.2 Å². The van der Waals surface area contributed by atoms with Gasteiger partial charge in [0.05, 0.1) is 17.5 Å². The molecule has 2 fully saturated rings. The number of amides is 2. The number of likely N-dealkylation sites (tertiary alicyclic amines) is 2. The number of hydrazone groups is 1. The Hall–Kier alpha value is -3.59. The van der Waals surface area contributed by atoms with Gasteiger partial charge in [0, 0.05) is 23.2 Å². The Labute approximate surface area is 245 Å². The zero-order chi connectivity index (χ0) is 28.6. The molecule has 2 aliphatic heterocycles. The highest BCUT2D eigenvalue weighted by atomic mass is 35.5. The molecule has 0 saturated carbocycles. The second-order valence-corrected chi connectivity index (χ2v) is 11.1. The summed E-state index contributed by atoms with van der Waals surface area (Å²) in [6.45, 7) is 5.40. The van der Waals surface area contributed by atoms with Gasteiger partial charge in [0.1, 0.15) is 5.82 Å². The highest BCUT2D eigenvalue weighted by Crippen LogP contribution is 2.24. The maximum Gasteiger partial charge on any atom is 0.273 e. The van der Waals surface area contributed by atoms with Crippen molar-refractivity contribution in [2.24, 2.45) is 5.10 Å². The van der Waals surface area contributed by atoms with Gasteiger partial charge >= 0.3 is 0 Å². The first-order valence-corrected chi connectivity index (χ1v) is 14.6. The van der Waals surface area contributed by atoms with Gasteiger partial charge < -0.3 is 10.2 Å². The molecule has 0 aliphatic carbocycles. The van der Waals surface area contributed by atoms with E-state index in [9.17, 15) is 14.0 Å². The highest BCUT2D eigenvalue weighted by molar-refractivity contribution is 6.31. The van der Waals surface area contributed by atoms with E-state index < -0.39 is 5.91 Å². The summed E-state index contributed by atoms with van der Waals surface area (Å²) in [7, 11) is 0. The van der Waals surface area contributed by atoms with Crippen molar-refractivity contribution in [2.45, 2.75) is 44.7 Å². The third kappa shape index (κ3) is 8.00. The number of anilines is 1. The number of hydrogen-bond acceptors (Lipinski definition) is 5. The molecule has 3 aromatic rings. The number of halogens is 2. The number of carbonyl (C=O) groups is 2. The molecule has 2 saturated heterocycles. The van der Waals surface area contributed by atoms with Gasteiger partial charge in [0.2, 0.25) is 0 Å². The summed E-state index contributed by atoms with van der Waals surface area (Å²) < 4.78 is 13.1. The molecule has 5 rings (SSSR count). The third-order valence-corrected chi connectivity index (χ3v) is 8.02. The van der Waals surface area contributed by atoms with Crippen LogP contribution in [0.4, 0.5) is 10.1 Å². The fourth-order valence-corrected chi connectivity index (χ4v) is 5.75. The lowest BCUT2D eigenvalue weighted by atomic mass is 9.99. The summed E-state index contributed by atoms with van der Waals surface area (Å²) in [6.07, 6.45) is 7.79. The van der Waals surface area contributed by atoms with E-state index in [1.807, 2.05) is 18.2 Å². The Bertz CT molecular complexity index is 1380. The number of piperidine rings is 2. The quantitative estimate of drug-likeness (QED) is 0.257. The van der Waals surface area contributed by atoms with E-state index in [0.29, 0.717) is 27.9 Å². The minimum absolute atomic E-state index is 0.176. The van der Waals surface area contributed by atoms with Crippen LogP contribution < -0.4 is 10.7 Å². The predicted octanol–water partition coefficient (Wildman–Crippen LogP) is 5.95. The molecular formula is C32H35ClFN5O2. The zero-order valence-corrected chi connectivity index (χ0v) is 23.7. The van der Waals surface area contributed by atoms with Gasteiger partial charge in [-0.2, -0.15) is 5.10 Å². The number of carbonyl (C=O) groups excluding carboxylic acids is 2. The lowest BCUT2D eigenvalue weighted by Crippen LogP contribution is -2.46. The Kier molecular flexibility index (Phi) is 9.77. The second-order valence-electron chi connectivity index (χ2n) is 10.7. The van der Waals surface area contributed by atoms with Crippen molar-refractivity contribution >= 4 is 35.3 Å². The molecule has 2 aliphatic rings. The van der Waals surface area contributed by atoms with Gasteiger partial charge in [-0.05, 0) is 105 Å². The molecule has 0 spiro atoms. The minimum Gasteiger partial charge on any atom is -0.321 e. The predicted molar refractivity (Wildman–Crippen MR) is 161 cm³/mol. The van der Waals surface area contributed by atoms with Gasteiger partial charge in [-0.3, -0.25) is 14.5 Å². The highest BCUT2D eigenvalue weighted by Gasteiger charge is 2.25. The molecule has 2 N–H and O–H groups in total. The third-order valence-electron chi connectivity index (χ3n) is 7.78. The van der Waals surface area contributed by atoms with Crippen LogP contribution in [0.5, 0.6) is 0 Å². The number of hydrogen-bond donors (Lipinski definition) is 2. The molecule has 9 heteroatoms. The van der Waals surface area contributed by atoms with Gasteiger partial charge in [-0.25, -0.2) is 9.82 Å². The Morgan fingerprint density at radius 3 is 2.44 bits per heavy atom. The first-order valence-electron chi connectivity index (χ1n) is 14.2. The monoisotopic (exact) mass is 575 g/mol. The van der Waals surface area contributed by atoms with Crippen molar-refractivity contribution < 1.29 is 14.0 Å². The summed E-state index contributed by atoms with van der Waals surface area (Å²) in [4.78, 5) is 31.2. The van der Waals surface area contributed by atoms with Crippen LogP contribution in [-0.2, 0) is 6.54 Å². The smallest absolute Gasteiger partial charge is 0.273 e. The van der Waals surface area contributed by atoms with Crippen LogP contribution in [0, 0.1) is 5.82 Å². The van der Waals surface area contributed by atoms with Crippen LogP contribution in [0.3, 0.4) is 0 Å². The van der Waals surface area contributed by atoms with E-state index >= 15 is 0 Å². The van der Waals surface area contributed by atoms with E-state index in [0.717, 1.165) is 25.2 Å². The van der Waals surface area contributed by atoms with Gasteiger partial charge in [-0.15, -0.1) is 0 Å². The molecule has 0 aromatic heterocycles. The van der Waals surface area contributed by atoms with E-state index in [1.165, 1.54) is 69.6 Å². The summed E-state index contributed by atoms with van der Waals surface area (Å²) in [5.41, 5.74) is 5.15. The summed E-state index contributed by atoms with van der Waals surface area (Å²) in [5.74, 6) is -1.21. The van der Waals surface area contributed by atoms with Gasteiger partial charge in [-0.1, -0.05) is 42.3 Å². The molecule has 0 atom stereocenters. The molecule has 41 heavy (non-hydrogen) atoms. The molecule has 0 bridgehead atoms. The largest absolute Gasteiger partial charge is 0.321 e. The summed E-state index contributed by atoms with van der Waals surface area (Å²) in [5, 5.41) is 7.14. The molecule has 2 amide bonds. The van der Waals surface area contributed by atoms with Gasteiger partial charge in [0.15, 0.2) is 0 Å². The fraction of sp³-hybridized carbons (Fsp3) is 0.344. The molecular weight excluding hydrogens is 541 g/mol. The second kappa shape index (κ2) is 13.9. The van der Waals surface area contributed by atoms with Crippen molar-refractivity contribution in [3.05, 3.63) is 99.8 Å². The fourth-order valence-electron chi connectivity index (χ4n) is 5.58. The average Bonchev–Trinajstić information content (AvgIpc) is 3.00. The molecule has 7 nitrogen and oxygen atoms in total. The molecule has 0 radical (unpaired) electrons. The lowest BCUT2D eigenvalue weighted by Gasteiger charge is -2.40. The van der Waals surface area contributed by atoms with Crippen molar-refractivity contribution in [3.63, 3.8) is 0 Å². The van der Waals surface area contributed by atoms with Crippen LogP contribution >= 0.6 is 11.6 Å². The first kappa shape index (κ1) is 28.9. The summed E-state index contributed by atoms with van der Waals surface area (Å²) in [6, 6.07) is 18.7. The van der Waals surface area contributed by atoms with E-state index in [2.05, 4.69) is 25.6 Å². The van der Waals surface area contributed by atoms with Crippen molar-refractivity contribution in [2.75, 3.05) is 31.5 Å². The summed E-state index contributed by atoms with van der Waals surface area (Å²) >= 11 is 6.15. The van der Waals surface area contributed by atoms with Crippen LogP contribution in [0.1, 0.15) is 63.9 Å². The minimum atomic E-state index is -0.539. The van der Waals surface area contributed by atoms with Crippen LogP contribution in [0.2, 0.25) is 5.02 Å². The number of benzene rings is 3. The Balaban J connectivity index is 1.19. The number of nitrogens with one attached hydrogen (secondary N) is 2. The topological polar surface area (TPSA) is 77.0 Å². The lowest BCUT2D eigenvalue weighted by molar-refractivity contribution is 0.0896. The average molecular weight is 576 g/mol. The van der Waals surface area contributed by atoms with Crippen LogP contribution in [-0.4, -0.2) is 60.0 Å². The van der Waals surface area contributed by atoms with E-state index in [1.54, 1.807) is 30.3 Å². The molecule has 3 aromatic carbocycles. The maximum atomic E-state index is 13.2. The number of nitrogens with zero attached hydrogens (tertiary/aromatic N) is 3. The normalized spacial score (nSPS) is 17.0. The van der Waals surface area contributed by atoms with Crippen LogP contribution in [0.25, 0.3) is 0 Å². The van der Waals surface area contributed by atoms with E-state index in [-0.39, 0.29) is 17.3 Å². The van der Waals surface area contributed by atoms with E-state index in [4.69, 9.17) is 11.6 Å². The standard InChI is InChI=1S/C32H35ClFN5O2/c33-26-9-12-30(29(20-26)32(41)37-35-21-23-7-10-27(34)11-8-23)36-31(40)25-6-4-5-24(19-25)22-38-17-13-28(14-18-38)39-15-2-1-3-16-39/h4-12,19-21,28H,1-3,13-18,22H2,(H,36,40)(H,37,41). The number of rotatable bonds is 8. The Morgan fingerprint density at radius 2 is 1.68 bits per heavy atom. The zero-order valence-electron chi connectivity index (χ0n) is 23.0. The molecule has 2 heterocycles. The van der Waals surface area contributed by atoms with Crippen LogP contribution in [0.15, 0.2) is 71.8 Å². The maximum absolute atomic E-state index is 13.2. The Morgan fingerprint density at radius 1 is 0.927 bits per heavy atom. The molecule has 214 valence electrons. The van der Waals surface area contributed by atoms with Gasteiger partial charge in [0.25, 0.3) is 11.8 Å².